The Kier molecular flexibility index (Phi) is 6.79. The van der Waals surface area contributed by atoms with Gasteiger partial charge in [0.05, 0.1) is 17.7 Å². The zero-order valence-electron chi connectivity index (χ0n) is 20.7. The number of hydrogen-bond acceptors (Lipinski definition) is 6. The second-order valence-corrected chi connectivity index (χ2v) is 9.59. The van der Waals surface area contributed by atoms with Gasteiger partial charge in [-0.25, -0.2) is 4.79 Å². The highest BCUT2D eigenvalue weighted by atomic mass is 16.5. The number of nitriles is 1. The van der Waals surface area contributed by atoms with Crippen molar-refractivity contribution in [3.05, 3.63) is 52.6 Å². The number of nitrogens with zero attached hydrogens (tertiary/aromatic N) is 4. The molecule has 0 aliphatic carbocycles. The van der Waals surface area contributed by atoms with E-state index in [-0.39, 0.29) is 12.1 Å². The van der Waals surface area contributed by atoms with Gasteiger partial charge in [-0.05, 0) is 74.4 Å². The minimum Gasteiger partial charge on any atom is -0.490 e. The number of ether oxygens (including phenoxy) is 1. The third kappa shape index (κ3) is 4.85. The van der Waals surface area contributed by atoms with E-state index in [9.17, 15) is 15.2 Å². The van der Waals surface area contributed by atoms with Crippen molar-refractivity contribution in [1.29, 1.82) is 5.26 Å². The quantitative estimate of drug-likeness (QED) is 0.466. The lowest BCUT2D eigenvalue weighted by Crippen LogP contribution is -2.40. The summed E-state index contributed by atoms with van der Waals surface area (Å²) in [6.45, 7) is 10.5. The summed E-state index contributed by atoms with van der Waals surface area (Å²) in [6.07, 6.45) is 0.482. The largest absolute Gasteiger partial charge is 0.490 e. The summed E-state index contributed by atoms with van der Waals surface area (Å²) in [7, 11) is 0. The second-order valence-electron chi connectivity index (χ2n) is 9.59. The summed E-state index contributed by atoms with van der Waals surface area (Å²) in [6, 6.07) is 11.2. The maximum atomic E-state index is 11.9. The number of benzene rings is 2. The molecule has 3 aromatic rings. The predicted octanol–water partition coefficient (Wildman–Crippen LogP) is 5.99. The first kappa shape index (κ1) is 24.3. The standard InChI is InChI=1S/C27H30N4O4/c1-15(2)12-23-22-8-7-21(17(5)20(22)10-11-31(23)27(32)33)25-29-26(35-30-25)18-6-9-24(34-16(3)4)19(13-18)14-28/h6-9,13,15-16,23H,10-12H2,1-5H3,(H,32,33). The van der Waals surface area contributed by atoms with E-state index >= 15 is 0 Å². The van der Waals surface area contributed by atoms with E-state index in [0.29, 0.717) is 47.5 Å². The molecule has 0 spiro atoms. The van der Waals surface area contributed by atoms with Crippen LogP contribution in [0.4, 0.5) is 4.79 Å². The highest BCUT2D eigenvalue weighted by Gasteiger charge is 2.32. The van der Waals surface area contributed by atoms with Gasteiger partial charge >= 0.3 is 6.09 Å². The van der Waals surface area contributed by atoms with Crippen LogP contribution in [0.3, 0.4) is 0 Å². The van der Waals surface area contributed by atoms with Gasteiger partial charge in [0.1, 0.15) is 11.8 Å². The number of hydrogen-bond donors (Lipinski definition) is 1. The molecule has 8 nitrogen and oxygen atoms in total. The molecule has 0 fully saturated rings. The lowest BCUT2D eigenvalue weighted by molar-refractivity contribution is 0.113. The third-order valence-electron chi connectivity index (χ3n) is 6.29. The van der Waals surface area contributed by atoms with Crippen molar-refractivity contribution in [2.24, 2.45) is 5.92 Å². The number of fused-ring (bicyclic) bond motifs is 1. The average molecular weight is 475 g/mol. The lowest BCUT2D eigenvalue weighted by atomic mass is 9.84. The van der Waals surface area contributed by atoms with Crippen LogP contribution in [0.15, 0.2) is 34.9 Å². The number of aromatic nitrogens is 2. The smallest absolute Gasteiger partial charge is 0.407 e. The van der Waals surface area contributed by atoms with Gasteiger partial charge in [0.2, 0.25) is 5.82 Å². The predicted molar refractivity (Wildman–Crippen MR) is 131 cm³/mol. The average Bonchev–Trinajstić information content (AvgIpc) is 3.29. The Morgan fingerprint density at radius 1 is 1.29 bits per heavy atom. The van der Waals surface area contributed by atoms with Crippen molar-refractivity contribution < 1.29 is 19.2 Å². The number of carboxylic acid groups (broad SMARTS) is 1. The van der Waals surface area contributed by atoms with Crippen LogP contribution in [0.2, 0.25) is 0 Å². The summed E-state index contributed by atoms with van der Waals surface area (Å²) < 4.78 is 11.2. The topological polar surface area (TPSA) is 112 Å². The van der Waals surface area contributed by atoms with Gasteiger partial charge in [0, 0.05) is 17.7 Å². The minimum atomic E-state index is -0.882. The third-order valence-corrected chi connectivity index (χ3v) is 6.29. The summed E-state index contributed by atoms with van der Waals surface area (Å²) in [4.78, 5) is 18.0. The molecule has 0 bridgehead atoms. The molecular formula is C27H30N4O4. The van der Waals surface area contributed by atoms with Crippen LogP contribution in [-0.2, 0) is 6.42 Å². The van der Waals surface area contributed by atoms with E-state index in [1.165, 1.54) is 0 Å². The molecule has 1 amide bonds. The molecule has 182 valence electrons. The van der Waals surface area contributed by atoms with E-state index in [2.05, 4.69) is 30.1 Å². The molecule has 0 saturated carbocycles. The normalized spacial score (nSPS) is 15.3. The Morgan fingerprint density at radius 3 is 2.71 bits per heavy atom. The zero-order valence-corrected chi connectivity index (χ0v) is 20.7. The fraction of sp³-hybridized carbons (Fsp3) is 0.407. The molecule has 0 radical (unpaired) electrons. The molecule has 1 aromatic heterocycles. The van der Waals surface area contributed by atoms with Gasteiger partial charge in [0.15, 0.2) is 0 Å². The molecule has 1 N–H and O–H groups in total. The Hall–Kier alpha value is -3.86. The van der Waals surface area contributed by atoms with E-state index in [1.54, 1.807) is 23.1 Å². The van der Waals surface area contributed by atoms with Crippen LogP contribution in [-0.4, -0.2) is 38.9 Å². The van der Waals surface area contributed by atoms with Crippen LogP contribution in [0.25, 0.3) is 22.8 Å². The van der Waals surface area contributed by atoms with E-state index in [4.69, 9.17) is 9.26 Å². The van der Waals surface area contributed by atoms with Crippen molar-refractivity contribution in [3.63, 3.8) is 0 Å². The van der Waals surface area contributed by atoms with Gasteiger partial charge in [-0.15, -0.1) is 0 Å². The Balaban J connectivity index is 1.68. The van der Waals surface area contributed by atoms with E-state index in [0.717, 1.165) is 28.7 Å². The van der Waals surface area contributed by atoms with Crippen molar-refractivity contribution in [3.8, 4) is 34.7 Å². The number of carbonyl (C=O) groups is 1. The molecule has 8 heteroatoms. The Morgan fingerprint density at radius 2 is 2.06 bits per heavy atom. The summed E-state index contributed by atoms with van der Waals surface area (Å²) in [5.74, 6) is 1.66. The molecule has 2 heterocycles. The summed E-state index contributed by atoms with van der Waals surface area (Å²) >= 11 is 0. The van der Waals surface area contributed by atoms with Crippen LogP contribution in [0, 0.1) is 24.2 Å². The fourth-order valence-electron chi connectivity index (χ4n) is 4.71. The Bertz CT molecular complexity index is 1290. The van der Waals surface area contributed by atoms with Gasteiger partial charge in [-0.3, -0.25) is 0 Å². The molecule has 35 heavy (non-hydrogen) atoms. The first-order valence-electron chi connectivity index (χ1n) is 11.9. The molecule has 2 aromatic carbocycles. The van der Waals surface area contributed by atoms with Crippen LogP contribution in [0.1, 0.15) is 62.4 Å². The minimum absolute atomic E-state index is 0.0438. The first-order chi connectivity index (χ1) is 16.7. The molecule has 1 aliphatic rings. The summed E-state index contributed by atoms with van der Waals surface area (Å²) in [5.41, 5.74) is 5.13. The second kappa shape index (κ2) is 9.79. The van der Waals surface area contributed by atoms with Gasteiger partial charge in [0.25, 0.3) is 5.89 Å². The van der Waals surface area contributed by atoms with Gasteiger partial charge in [-0.2, -0.15) is 10.2 Å². The maximum Gasteiger partial charge on any atom is 0.407 e. The van der Waals surface area contributed by atoms with E-state index < -0.39 is 6.09 Å². The van der Waals surface area contributed by atoms with Crippen molar-refractivity contribution >= 4 is 6.09 Å². The molecule has 4 rings (SSSR count). The number of rotatable bonds is 6. The summed E-state index contributed by atoms with van der Waals surface area (Å²) in [5, 5.41) is 23.5. The zero-order chi connectivity index (χ0) is 25.3. The lowest BCUT2D eigenvalue weighted by Gasteiger charge is -2.37. The monoisotopic (exact) mass is 474 g/mol. The Labute approximate surface area is 205 Å². The van der Waals surface area contributed by atoms with Gasteiger partial charge < -0.3 is 19.3 Å². The van der Waals surface area contributed by atoms with Gasteiger partial charge in [-0.1, -0.05) is 31.1 Å². The van der Waals surface area contributed by atoms with Crippen LogP contribution >= 0.6 is 0 Å². The number of amides is 1. The molecular weight excluding hydrogens is 444 g/mol. The molecule has 1 unspecified atom stereocenters. The van der Waals surface area contributed by atoms with Crippen molar-refractivity contribution in [2.75, 3.05) is 6.54 Å². The highest BCUT2D eigenvalue weighted by Crippen LogP contribution is 2.39. The van der Waals surface area contributed by atoms with E-state index in [1.807, 2.05) is 32.9 Å². The molecule has 0 saturated heterocycles. The van der Waals surface area contributed by atoms with Crippen molar-refractivity contribution in [1.82, 2.24) is 15.0 Å². The highest BCUT2D eigenvalue weighted by molar-refractivity contribution is 5.70. The molecule has 1 atom stereocenters. The van der Waals surface area contributed by atoms with Crippen molar-refractivity contribution in [2.45, 2.75) is 59.6 Å². The fourth-order valence-corrected chi connectivity index (χ4v) is 4.71. The first-order valence-corrected chi connectivity index (χ1v) is 11.9. The SMILES string of the molecule is Cc1c(-c2noc(-c3ccc(OC(C)C)c(C#N)c3)n2)ccc2c1CCN(C(=O)O)C2CC(C)C. The molecule has 1 aliphatic heterocycles. The van der Waals surface area contributed by atoms with Crippen LogP contribution < -0.4 is 4.74 Å². The maximum absolute atomic E-state index is 11.9. The van der Waals surface area contributed by atoms with Crippen LogP contribution in [0.5, 0.6) is 5.75 Å².